The fraction of sp³-hybridized carbons (Fsp3) is 0.261. The molecular weight excluding hydrogens is 368 g/mol. The van der Waals surface area contributed by atoms with E-state index in [1.165, 1.54) is 6.08 Å². The molecule has 2 rings (SSSR count). The molecule has 0 radical (unpaired) electrons. The first kappa shape index (κ1) is 22.0. The maximum absolute atomic E-state index is 12.4. The quantitative estimate of drug-likeness (QED) is 0.209. The summed E-state index contributed by atoms with van der Waals surface area (Å²) in [5.41, 5.74) is 1.15. The Hall–Kier alpha value is -3.25. The Morgan fingerprint density at radius 3 is 2.31 bits per heavy atom. The molecule has 0 aliphatic rings. The van der Waals surface area contributed by atoms with Gasteiger partial charge in [-0.15, -0.1) is 0 Å². The molecule has 0 heterocycles. The lowest BCUT2D eigenvalue weighted by molar-refractivity contribution is -0.135. The zero-order chi connectivity index (χ0) is 21.1. The molecular formula is C23H26N2O4. The summed E-state index contributed by atoms with van der Waals surface area (Å²) in [6, 6.07) is 15.6. The number of nitrogens with zero attached hydrogens (tertiary/aromatic N) is 1. The van der Waals surface area contributed by atoms with Crippen LogP contribution < -0.4 is 10.1 Å². The normalized spacial score (nSPS) is 10.4. The highest BCUT2D eigenvalue weighted by Crippen LogP contribution is 2.15. The third kappa shape index (κ3) is 7.71. The van der Waals surface area contributed by atoms with E-state index < -0.39 is 0 Å². The minimum absolute atomic E-state index is 0.0764. The second-order valence-electron chi connectivity index (χ2n) is 6.63. The van der Waals surface area contributed by atoms with Crippen LogP contribution in [0, 0.1) is 0 Å². The first-order valence-electron chi connectivity index (χ1n) is 9.49. The lowest BCUT2D eigenvalue weighted by atomic mass is 10.0. The number of likely N-dealkylation sites (N-methyl/N-ethyl adjacent to an activating group) is 1. The molecule has 0 fully saturated rings. The first-order valence-corrected chi connectivity index (χ1v) is 9.49. The fourth-order valence-electron chi connectivity index (χ4n) is 2.68. The second-order valence-corrected chi connectivity index (χ2v) is 6.63. The topological polar surface area (TPSA) is 75.7 Å². The van der Waals surface area contributed by atoms with Gasteiger partial charge in [0.1, 0.15) is 5.75 Å². The number of rotatable bonds is 11. The molecule has 1 N–H and O–H groups in total. The van der Waals surface area contributed by atoms with Crippen molar-refractivity contribution in [1.29, 1.82) is 0 Å². The van der Waals surface area contributed by atoms with Crippen molar-refractivity contribution in [2.45, 2.75) is 12.8 Å². The van der Waals surface area contributed by atoms with E-state index in [1.54, 1.807) is 36.4 Å². The number of carbonyl (C=O) groups is 3. The van der Waals surface area contributed by atoms with Crippen LogP contribution in [-0.4, -0.2) is 49.2 Å². The van der Waals surface area contributed by atoms with Crippen LogP contribution >= 0.6 is 0 Å². The molecule has 0 aromatic heterocycles. The molecule has 0 atom stereocenters. The molecule has 0 aliphatic heterocycles. The van der Waals surface area contributed by atoms with Gasteiger partial charge in [0.05, 0.1) is 6.54 Å². The predicted octanol–water partition coefficient (Wildman–Crippen LogP) is 2.84. The van der Waals surface area contributed by atoms with Crippen molar-refractivity contribution in [3.63, 3.8) is 0 Å². The molecule has 152 valence electrons. The maximum atomic E-state index is 12.4. The Morgan fingerprint density at radius 2 is 1.66 bits per heavy atom. The number of amides is 1. The van der Waals surface area contributed by atoms with Crippen LogP contribution in [-0.2, 0) is 9.59 Å². The van der Waals surface area contributed by atoms with Crippen LogP contribution in [0.2, 0.25) is 0 Å². The zero-order valence-corrected chi connectivity index (χ0v) is 16.6. The summed E-state index contributed by atoms with van der Waals surface area (Å²) in [6.07, 6.45) is 2.90. The van der Waals surface area contributed by atoms with E-state index in [1.807, 2.05) is 30.1 Å². The second kappa shape index (κ2) is 11.6. The number of carbonyl (C=O) groups excluding carboxylic acids is 3. The highest BCUT2D eigenvalue weighted by Gasteiger charge is 2.11. The van der Waals surface area contributed by atoms with E-state index in [-0.39, 0.29) is 24.2 Å². The zero-order valence-electron chi connectivity index (χ0n) is 16.6. The van der Waals surface area contributed by atoms with Gasteiger partial charge in [-0.25, -0.2) is 0 Å². The predicted molar refractivity (Wildman–Crippen MR) is 112 cm³/mol. The van der Waals surface area contributed by atoms with Crippen molar-refractivity contribution in [1.82, 2.24) is 10.2 Å². The van der Waals surface area contributed by atoms with Gasteiger partial charge in [0, 0.05) is 17.7 Å². The Kier molecular flexibility index (Phi) is 8.79. The monoisotopic (exact) mass is 394 g/mol. The van der Waals surface area contributed by atoms with Gasteiger partial charge in [-0.3, -0.25) is 19.3 Å². The van der Waals surface area contributed by atoms with E-state index >= 15 is 0 Å². The minimum atomic E-state index is -0.366. The van der Waals surface area contributed by atoms with Gasteiger partial charge in [-0.1, -0.05) is 36.9 Å². The molecule has 0 bridgehead atoms. The summed E-state index contributed by atoms with van der Waals surface area (Å²) in [6.45, 7) is 4.84. The fourth-order valence-corrected chi connectivity index (χ4v) is 2.68. The molecule has 0 spiro atoms. The van der Waals surface area contributed by atoms with Crippen molar-refractivity contribution in [3.8, 4) is 5.75 Å². The van der Waals surface area contributed by atoms with E-state index in [4.69, 9.17) is 4.74 Å². The first-order chi connectivity index (χ1) is 14.0. The number of nitrogens with one attached hydrogen (secondary N) is 1. The number of unbranched alkanes of at least 4 members (excludes halogenated alkanes) is 1. The van der Waals surface area contributed by atoms with Crippen LogP contribution in [0.1, 0.15) is 28.8 Å². The highest BCUT2D eigenvalue weighted by molar-refractivity contribution is 6.09. The molecule has 2 aromatic rings. The summed E-state index contributed by atoms with van der Waals surface area (Å²) < 4.78 is 5.34. The van der Waals surface area contributed by atoms with Crippen LogP contribution in [0.15, 0.2) is 67.3 Å². The third-order valence-electron chi connectivity index (χ3n) is 4.23. The number of benzene rings is 2. The molecule has 0 saturated heterocycles. The van der Waals surface area contributed by atoms with Crippen LogP contribution in [0.5, 0.6) is 5.75 Å². The van der Waals surface area contributed by atoms with Gasteiger partial charge in [0.15, 0.2) is 5.78 Å². The van der Waals surface area contributed by atoms with Gasteiger partial charge in [0.25, 0.3) is 0 Å². The minimum Gasteiger partial charge on any atom is -0.426 e. The molecule has 6 heteroatoms. The molecule has 0 aliphatic carbocycles. The summed E-state index contributed by atoms with van der Waals surface area (Å²) in [5, 5.41) is 2.71. The molecule has 1 amide bonds. The maximum Gasteiger partial charge on any atom is 0.325 e. The van der Waals surface area contributed by atoms with Crippen LogP contribution in [0.4, 0.5) is 0 Å². The van der Waals surface area contributed by atoms with E-state index in [9.17, 15) is 14.4 Å². The Labute approximate surface area is 171 Å². The summed E-state index contributed by atoms with van der Waals surface area (Å²) in [5.74, 6) is -0.222. The summed E-state index contributed by atoms with van der Waals surface area (Å²) >= 11 is 0. The lowest BCUT2D eigenvalue weighted by Gasteiger charge is -2.15. The highest BCUT2D eigenvalue weighted by atomic mass is 16.5. The van der Waals surface area contributed by atoms with Crippen molar-refractivity contribution in [2.24, 2.45) is 0 Å². The van der Waals surface area contributed by atoms with Gasteiger partial charge >= 0.3 is 5.97 Å². The SMILES string of the molecule is C=CC(=O)NCCCCN(C)CC(=O)Oc1ccc(C(=O)c2ccccc2)cc1. The molecule has 0 saturated carbocycles. The van der Waals surface area contributed by atoms with E-state index in [0.717, 1.165) is 12.8 Å². The number of ether oxygens (including phenoxy) is 1. The Bertz CT molecular complexity index is 832. The van der Waals surface area contributed by atoms with E-state index in [2.05, 4.69) is 11.9 Å². The average molecular weight is 394 g/mol. The van der Waals surface area contributed by atoms with E-state index in [0.29, 0.717) is 30.0 Å². The molecule has 6 nitrogen and oxygen atoms in total. The Balaban J connectivity index is 1.74. The number of ketones is 1. The molecule has 2 aromatic carbocycles. The van der Waals surface area contributed by atoms with Gasteiger partial charge in [-0.2, -0.15) is 0 Å². The van der Waals surface area contributed by atoms with Gasteiger partial charge in [0.2, 0.25) is 5.91 Å². The summed E-state index contributed by atoms with van der Waals surface area (Å²) in [4.78, 5) is 37.4. The van der Waals surface area contributed by atoms with Gasteiger partial charge < -0.3 is 10.1 Å². The third-order valence-corrected chi connectivity index (χ3v) is 4.23. The number of esters is 1. The number of hydrogen-bond donors (Lipinski definition) is 1. The van der Waals surface area contributed by atoms with Crippen LogP contribution in [0.3, 0.4) is 0 Å². The van der Waals surface area contributed by atoms with Crippen LogP contribution in [0.25, 0.3) is 0 Å². The Morgan fingerprint density at radius 1 is 1.00 bits per heavy atom. The molecule has 0 unspecified atom stereocenters. The average Bonchev–Trinajstić information content (AvgIpc) is 2.73. The lowest BCUT2D eigenvalue weighted by Crippen LogP contribution is -2.30. The van der Waals surface area contributed by atoms with Gasteiger partial charge in [-0.05, 0) is 56.8 Å². The van der Waals surface area contributed by atoms with Crippen molar-refractivity contribution in [2.75, 3.05) is 26.7 Å². The van der Waals surface area contributed by atoms with Crippen molar-refractivity contribution < 1.29 is 19.1 Å². The number of hydrogen-bond acceptors (Lipinski definition) is 5. The standard InChI is InChI=1S/C23H26N2O4/c1-3-21(26)24-15-7-8-16-25(2)17-22(27)29-20-13-11-19(12-14-20)23(28)18-9-5-4-6-10-18/h3-6,9-14H,1,7-8,15-17H2,2H3,(H,24,26). The molecule has 29 heavy (non-hydrogen) atoms. The van der Waals surface area contributed by atoms with Crippen molar-refractivity contribution in [3.05, 3.63) is 78.4 Å². The van der Waals surface area contributed by atoms with Crippen molar-refractivity contribution >= 4 is 17.7 Å². The summed E-state index contributed by atoms with van der Waals surface area (Å²) in [7, 11) is 1.84. The largest absolute Gasteiger partial charge is 0.426 e. The smallest absolute Gasteiger partial charge is 0.325 e.